The molecule has 0 heterocycles. The summed E-state index contributed by atoms with van der Waals surface area (Å²) in [5.41, 5.74) is -0.119. The van der Waals surface area contributed by atoms with Crippen molar-refractivity contribution in [3.63, 3.8) is 0 Å². The van der Waals surface area contributed by atoms with Gasteiger partial charge in [0.2, 0.25) is 0 Å². The van der Waals surface area contributed by atoms with Crippen molar-refractivity contribution in [3.05, 3.63) is 0 Å². The van der Waals surface area contributed by atoms with E-state index in [1.54, 1.807) is 6.92 Å². The molecule has 0 aromatic heterocycles. The third-order valence-electron chi connectivity index (χ3n) is 2.23. The van der Waals surface area contributed by atoms with Crippen LogP contribution in [0.3, 0.4) is 0 Å². The Kier molecular flexibility index (Phi) is 8.89. The van der Waals surface area contributed by atoms with E-state index in [0.717, 1.165) is 6.42 Å². The molecule has 2 N–H and O–H groups in total. The summed E-state index contributed by atoms with van der Waals surface area (Å²) in [6.07, 6.45) is 2.00. The van der Waals surface area contributed by atoms with Gasteiger partial charge in [-0.3, -0.25) is 9.59 Å². The molecule has 0 saturated heterocycles. The second kappa shape index (κ2) is 9.30. The highest BCUT2D eigenvalue weighted by molar-refractivity contribution is 8.00. The van der Waals surface area contributed by atoms with Crippen LogP contribution in [0, 0.1) is 5.92 Å². The topological polar surface area (TPSA) is 83.8 Å². The molecule has 2 atom stereocenters. The Hall–Kier alpha value is -0.750. The van der Waals surface area contributed by atoms with Crippen LogP contribution >= 0.6 is 11.8 Å². The van der Waals surface area contributed by atoms with E-state index in [9.17, 15) is 9.59 Å². The number of thioether (sulfide) groups is 1. The first-order valence-electron chi connectivity index (χ1n) is 5.65. The van der Waals surface area contributed by atoms with Crippen molar-refractivity contribution in [1.29, 1.82) is 0 Å². The number of carboxylic acid groups (broad SMARTS) is 2. The Morgan fingerprint density at radius 3 is 2.47 bits per heavy atom. The van der Waals surface area contributed by atoms with Crippen LogP contribution < -0.4 is 0 Å². The van der Waals surface area contributed by atoms with Crippen LogP contribution in [0.1, 0.15) is 33.1 Å². The molecule has 0 spiro atoms. The van der Waals surface area contributed by atoms with Crippen LogP contribution in [0.2, 0.25) is 0 Å². The maximum absolute atomic E-state index is 10.6. The largest absolute Gasteiger partial charge is 0.481 e. The SMILES string of the molecule is CCC(OCCCC(C)C(=O)O)SCC(=O)O. The number of hydrogen-bond donors (Lipinski definition) is 2. The van der Waals surface area contributed by atoms with Crippen LogP contribution in [0.4, 0.5) is 0 Å². The first kappa shape index (κ1) is 16.2. The Morgan fingerprint density at radius 2 is 2.00 bits per heavy atom. The van der Waals surface area contributed by atoms with E-state index in [1.807, 2.05) is 6.92 Å². The van der Waals surface area contributed by atoms with Gasteiger partial charge in [-0.15, -0.1) is 11.8 Å². The van der Waals surface area contributed by atoms with Gasteiger partial charge >= 0.3 is 11.9 Å². The van der Waals surface area contributed by atoms with Crippen molar-refractivity contribution in [2.24, 2.45) is 5.92 Å². The van der Waals surface area contributed by atoms with Crippen molar-refractivity contribution in [2.45, 2.75) is 38.5 Å². The third-order valence-corrected chi connectivity index (χ3v) is 3.49. The molecular weight excluding hydrogens is 244 g/mol. The fraction of sp³-hybridized carbons (Fsp3) is 0.818. The molecule has 0 aliphatic rings. The molecule has 100 valence electrons. The van der Waals surface area contributed by atoms with E-state index in [1.165, 1.54) is 11.8 Å². The minimum absolute atomic E-state index is 0.0318. The summed E-state index contributed by atoms with van der Waals surface area (Å²) in [5, 5.41) is 17.2. The molecule has 0 radical (unpaired) electrons. The summed E-state index contributed by atoms with van der Waals surface area (Å²) < 4.78 is 5.48. The first-order valence-corrected chi connectivity index (χ1v) is 6.70. The summed E-state index contributed by atoms with van der Waals surface area (Å²) in [7, 11) is 0. The second-order valence-corrected chi connectivity index (χ2v) is 4.94. The molecule has 2 unspecified atom stereocenters. The minimum atomic E-state index is -0.850. The number of rotatable bonds is 10. The van der Waals surface area contributed by atoms with E-state index in [0.29, 0.717) is 19.4 Å². The Balaban J connectivity index is 3.62. The Bertz CT molecular complexity index is 244. The molecule has 0 amide bonds. The first-order chi connectivity index (χ1) is 7.97. The lowest BCUT2D eigenvalue weighted by Gasteiger charge is -2.15. The number of hydrogen-bond acceptors (Lipinski definition) is 4. The molecule has 6 heteroatoms. The van der Waals surface area contributed by atoms with Crippen LogP contribution in [-0.4, -0.2) is 39.9 Å². The lowest BCUT2D eigenvalue weighted by molar-refractivity contribution is -0.141. The van der Waals surface area contributed by atoms with Crippen molar-refractivity contribution in [3.8, 4) is 0 Å². The Morgan fingerprint density at radius 1 is 1.35 bits per heavy atom. The van der Waals surface area contributed by atoms with Gasteiger partial charge in [-0.25, -0.2) is 0 Å². The predicted molar refractivity (Wildman–Crippen MR) is 66.2 cm³/mol. The quantitative estimate of drug-likeness (QED) is 0.464. The standard InChI is InChI=1S/C11H20O5S/c1-3-10(17-7-9(12)13)16-6-4-5-8(2)11(14)15/h8,10H,3-7H2,1-2H3,(H,12,13)(H,14,15). The number of ether oxygens (including phenoxy) is 1. The average molecular weight is 264 g/mol. The van der Waals surface area contributed by atoms with E-state index in [2.05, 4.69) is 0 Å². The van der Waals surface area contributed by atoms with Crippen LogP contribution in [0.25, 0.3) is 0 Å². The Labute approximate surface area is 106 Å². The van der Waals surface area contributed by atoms with Gasteiger partial charge in [-0.2, -0.15) is 0 Å². The van der Waals surface area contributed by atoms with Crippen LogP contribution in [0.5, 0.6) is 0 Å². The van der Waals surface area contributed by atoms with Gasteiger partial charge < -0.3 is 14.9 Å². The molecule has 0 aromatic carbocycles. The molecule has 0 fully saturated rings. The normalized spacial score (nSPS) is 14.2. The van der Waals surface area contributed by atoms with E-state index in [4.69, 9.17) is 14.9 Å². The summed E-state index contributed by atoms with van der Waals surface area (Å²) in [6.45, 7) is 4.07. The van der Waals surface area contributed by atoms with Crippen molar-refractivity contribution in [1.82, 2.24) is 0 Å². The third kappa shape index (κ3) is 9.00. The smallest absolute Gasteiger partial charge is 0.313 e. The number of carboxylic acids is 2. The minimum Gasteiger partial charge on any atom is -0.481 e. The van der Waals surface area contributed by atoms with Gasteiger partial charge in [0.1, 0.15) is 5.44 Å². The summed E-state index contributed by atoms with van der Waals surface area (Å²) >= 11 is 1.26. The highest BCUT2D eigenvalue weighted by Gasteiger charge is 2.12. The van der Waals surface area contributed by atoms with E-state index >= 15 is 0 Å². The fourth-order valence-electron chi connectivity index (χ4n) is 1.18. The van der Waals surface area contributed by atoms with Gasteiger partial charge in [0.15, 0.2) is 0 Å². The molecule has 5 nitrogen and oxygen atoms in total. The average Bonchev–Trinajstić information content (AvgIpc) is 2.27. The van der Waals surface area contributed by atoms with Crippen molar-refractivity contribution >= 4 is 23.7 Å². The fourth-order valence-corrected chi connectivity index (χ4v) is 1.93. The van der Waals surface area contributed by atoms with E-state index in [-0.39, 0.29) is 17.1 Å². The van der Waals surface area contributed by atoms with Crippen molar-refractivity contribution < 1.29 is 24.5 Å². The highest BCUT2D eigenvalue weighted by atomic mass is 32.2. The molecule has 0 bridgehead atoms. The van der Waals surface area contributed by atoms with Gasteiger partial charge in [0.25, 0.3) is 0 Å². The molecular formula is C11H20O5S. The predicted octanol–water partition coefficient (Wildman–Crippen LogP) is 2.06. The highest BCUT2D eigenvalue weighted by Crippen LogP contribution is 2.16. The zero-order valence-electron chi connectivity index (χ0n) is 10.2. The summed E-state index contributed by atoms with van der Waals surface area (Å²) in [5.74, 6) is -1.97. The summed E-state index contributed by atoms with van der Waals surface area (Å²) in [4.78, 5) is 20.9. The summed E-state index contributed by atoms with van der Waals surface area (Å²) in [6, 6.07) is 0. The van der Waals surface area contributed by atoms with Gasteiger partial charge in [0.05, 0.1) is 11.7 Å². The van der Waals surface area contributed by atoms with E-state index < -0.39 is 11.9 Å². The lowest BCUT2D eigenvalue weighted by Crippen LogP contribution is -2.14. The molecule has 0 rings (SSSR count). The zero-order valence-corrected chi connectivity index (χ0v) is 11.0. The van der Waals surface area contributed by atoms with Gasteiger partial charge in [-0.05, 0) is 19.3 Å². The number of carbonyl (C=O) groups is 2. The monoisotopic (exact) mass is 264 g/mol. The molecule has 0 aliphatic carbocycles. The molecule has 17 heavy (non-hydrogen) atoms. The maximum atomic E-state index is 10.6. The lowest BCUT2D eigenvalue weighted by atomic mass is 10.1. The molecule has 0 aromatic rings. The maximum Gasteiger partial charge on any atom is 0.313 e. The molecule has 0 saturated carbocycles. The zero-order chi connectivity index (χ0) is 13.3. The van der Waals surface area contributed by atoms with Gasteiger partial charge in [0, 0.05) is 6.61 Å². The van der Waals surface area contributed by atoms with Crippen molar-refractivity contribution in [2.75, 3.05) is 12.4 Å². The van der Waals surface area contributed by atoms with Crippen LogP contribution in [-0.2, 0) is 14.3 Å². The van der Waals surface area contributed by atoms with Gasteiger partial charge in [-0.1, -0.05) is 13.8 Å². The number of aliphatic carboxylic acids is 2. The second-order valence-electron chi connectivity index (χ2n) is 3.79. The molecule has 0 aliphatic heterocycles. The van der Waals surface area contributed by atoms with Crippen LogP contribution in [0.15, 0.2) is 0 Å².